The number of benzene rings is 2. The minimum Gasteiger partial charge on any atom is -0.461 e. The molecule has 0 radical (unpaired) electrons. The average Bonchev–Trinajstić information content (AvgIpc) is 2.73. The van der Waals surface area contributed by atoms with Gasteiger partial charge in [-0.2, -0.15) is 0 Å². The molecule has 0 amide bonds. The maximum absolute atomic E-state index is 12.2. The van der Waals surface area contributed by atoms with Gasteiger partial charge in [-0.3, -0.25) is 9.63 Å². The molecule has 0 saturated carbocycles. The van der Waals surface area contributed by atoms with Crippen LogP contribution in [0, 0.1) is 10.1 Å². The SMILES string of the molecule is CC(OC(=O)OC/C=C\COC(=O)Cc1ccccc1Cc1c(Cl)cccc1Cl)O[N+](=O)[O-]. The topological polar surface area (TPSA) is 114 Å². The van der Waals surface area contributed by atoms with Crippen molar-refractivity contribution in [2.24, 2.45) is 0 Å². The van der Waals surface area contributed by atoms with E-state index in [1.54, 1.807) is 18.2 Å². The lowest BCUT2D eigenvalue weighted by Gasteiger charge is -2.11. The smallest absolute Gasteiger partial charge is 0.461 e. The molecule has 176 valence electrons. The predicted molar refractivity (Wildman–Crippen MR) is 119 cm³/mol. The monoisotopic (exact) mass is 497 g/mol. The molecule has 9 nitrogen and oxygen atoms in total. The first-order valence-corrected chi connectivity index (χ1v) is 10.5. The lowest BCUT2D eigenvalue weighted by atomic mass is 9.98. The Hall–Kier alpha value is -3.30. The summed E-state index contributed by atoms with van der Waals surface area (Å²) in [5.74, 6) is -0.441. The number of ether oxygens (including phenoxy) is 3. The van der Waals surface area contributed by atoms with Crippen molar-refractivity contribution in [2.75, 3.05) is 13.2 Å². The molecule has 0 aliphatic rings. The predicted octanol–water partition coefficient (Wildman–Crippen LogP) is 4.93. The van der Waals surface area contributed by atoms with Crippen molar-refractivity contribution < 1.29 is 33.7 Å². The van der Waals surface area contributed by atoms with Crippen LogP contribution in [0.3, 0.4) is 0 Å². The van der Waals surface area contributed by atoms with Crippen molar-refractivity contribution in [2.45, 2.75) is 26.1 Å². The van der Waals surface area contributed by atoms with Crippen LogP contribution in [0.1, 0.15) is 23.6 Å². The fourth-order valence-electron chi connectivity index (χ4n) is 2.71. The van der Waals surface area contributed by atoms with Gasteiger partial charge < -0.3 is 14.2 Å². The number of halogens is 2. The number of esters is 1. The molecule has 0 aromatic heterocycles. The van der Waals surface area contributed by atoms with Gasteiger partial charge in [-0.15, -0.1) is 10.1 Å². The van der Waals surface area contributed by atoms with Crippen LogP contribution >= 0.6 is 23.2 Å². The Bertz CT molecular complexity index is 991. The molecular weight excluding hydrogens is 477 g/mol. The number of hydrogen-bond donors (Lipinski definition) is 0. The second-order valence-electron chi connectivity index (χ2n) is 6.55. The van der Waals surface area contributed by atoms with Crippen LogP contribution in [0.25, 0.3) is 0 Å². The summed E-state index contributed by atoms with van der Waals surface area (Å²) in [7, 11) is 0. The fraction of sp³-hybridized carbons (Fsp3) is 0.273. The first-order valence-electron chi connectivity index (χ1n) is 9.71. The van der Waals surface area contributed by atoms with Gasteiger partial charge in [0.1, 0.15) is 13.2 Å². The Morgan fingerprint density at radius 3 is 2.24 bits per heavy atom. The molecule has 0 aliphatic heterocycles. The molecule has 0 N–H and O–H groups in total. The molecule has 1 atom stereocenters. The summed E-state index contributed by atoms with van der Waals surface area (Å²) < 4.78 is 14.3. The summed E-state index contributed by atoms with van der Waals surface area (Å²) in [4.78, 5) is 37.6. The van der Waals surface area contributed by atoms with E-state index in [4.69, 9.17) is 27.9 Å². The maximum atomic E-state index is 12.2. The first kappa shape index (κ1) is 26.0. The van der Waals surface area contributed by atoms with Crippen LogP contribution in [-0.2, 0) is 36.7 Å². The van der Waals surface area contributed by atoms with Gasteiger partial charge in [0, 0.05) is 16.5 Å². The molecule has 0 saturated heterocycles. The normalized spacial score (nSPS) is 11.6. The quantitative estimate of drug-likeness (QED) is 0.141. The van der Waals surface area contributed by atoms with Gasteiger partial charge in [-0.25, -0.2) is 4.79 Å². The first-order chi connectivity index (χ1) is 15.8. The highest BCUT2D eigenvalue weighted by Gasteiger charge is 2.14. The third-order valence-electron chi connectivity index (χ3n) is 4.18. The summed E-state index contributed by atoms with van der Waals surface area (Å²) in [5.41, 5.74) is 2.48. The van der Waals surface area contributed by atoms with E-state index in [0.29, 0.717) is 16.5 Å². The molecule has 11 heteroatoms. The van der Waals surface area contributed by atoms with Crippen LogP contribution in [0.4, 0.5) is 4.79 Å². The summed E-state index contributed by atoms with van der Waals surface area (Å²) in [6, 6.07) is 12.7. The van der Waals surface area contributed by atoms with E-state index >= 15 is 0 Å². The highest BCUT2D eigenvalue weighted by atomic mass is 35.5. The van der Waals surface area contributed by atoms with E-state index in [1.807, 2.05) is 24.3 Å². The molecule has 0 bridgehead atoms. The second kappa shape index (κ2) is 13.3. The van der Waals surface area contributed by atoms with Crippen molar-refractivity contribution in [1.82, 2.24) is 0 Å². The summed E-state index contributed by atoms with van der Waals surface area (Å²) in [6.45, 7) is 0.958. The number of rotatable bonds is 11. The molecular formula is C22H21Cl2NO8. The zero-order valence-corrected chi connectivity index (χ0v) is 19.1. The van der Waals surface area contributed by atoms with Crippen LogP contribution < -0.4 is 0 Å². The number of carbonyl (C=O) groups is 2. The molecule has 33 heavy (non-hydrogen) atoms. The van der Waals surface area contributed by atoms with Crippen molar-refractivity contribution in [3.63, 3.8) is 0 Å². The van der Waals surface area contributed by atoms with Gasteiger partial charge in [0.05, 0.1) is 6.42 Å². The minimum absolute atomic E-state index is 0.0312. The van der Waals surface area contributed by atoms with Crippen molar-refractivity contribution in [3.05, 3.63) is 91.5 Å². The highest BCUT2D eigenvalue weighted by Crippen LogP contribution is 2.28. The van der Waals surface area contributed by atoms with E-state index in [9.17, 15) is 19.7 Å². The number of nitrogens with zero attached hydrogens (tertiary/aromatic N) is 1. The molecule has 0 spiro atoms. The van der Waals surface area contributed by atoms with Crippen LogP contribution in [-0.4, -0.2) is 36.7 Å². The van der Waals surface area contributed by atoms with E-state index in [2.05, 4.69) is 14.3 Å². The lowest BCUT2D eigenvalue weighted by Crippen LogP contribution is -2.21. The summed E-state index contributed by atoms with van der Waals surface area (Å²) in [5, 5.41) is 10.1. The van der Waals surface area contributed by atoms with Crippen molar-refractivity contribution in [1.29, 1.82) is 0 Å². The molecule has 2 rings (SSSR count). The summed E-state index contributed by atoms with van der Waals surface area (Å²) >= 11 is 12.5. The van der Waals surface area contributed by atoms with E-state index in [0.717, 1.165) is 16.7 Å². The Balaban J connectivity index is 1.78. The van der Waals surface area contributed by atoms with E-state index < -0.39 is 23.5 Å². The molecule has 2 aromatic carbocycles. The van der Waals surface area contributed by atoms with Gasteiger partial charge in [0.15, 0.2) is 0 Å². The maximum Gasteiger partial charge on any atom is 0.510 e. The largest absolute Gasteiger partial charge is 0.510 e. The highest BCUT2D eigenvalue weighted by molar-refractivity contribution is 6.36. The Morgan fingerprint density at radius 2 is 1.61 bits per heavy atom. The zero-order valence-electron chi connectivity index (χ0n) is 17.6. The number of carbonyl (C=O) groups excluding carboxylic acids is 2. The third kappa shape index (κ3) is 9.38. The Kier molecular flexibility index (Phi) is 10.5. The molecule has 0 aliphatic carbocycles. The van der Waals surface area contributed by atoms with Crippen LogP contribution in [0.2, 0.25) is 10.0 Å². The van der Waals surface area contributed by atoms with Gasteiger partial charge in [-0.05, 0) is 47.9 Å². The summed E-state index contributed by atoms with van der Waals surface area (Å²) in [6.07, 6.45) is 0.915. The standard InChI is InChI=1S/C22H21Cl2NO8/c1-15(33-25(28)29)32-22(27)31-12-5-4-11-30-21(26)14-17-8-3-2-7-16(17)13-18-19(23)9-6-10-20(18)24/h2-10,15H,11-14H2,1H3/b5-4-. The van der Waals surface area contributed by atoms with Crippen LogP contribution in [0.15, 0.2) is 54.6 Å². The second-order valence-corrected chi connectivity index (χ2v) is 7.37. The van der Waals surface area contributed by atoms with Gasteiger partial charge in [0.2, 0.25) is 6.29 Å². The Labute approximate surface area is 199 Å². The van der Waals surface area contributed by atoms with Gasteiger partial charge in [0.25, 0.3) is 5.09 Å². The van der Waals surface area contributed by atoms with Crippen molar-refractivity contribution in [3.8, 4) is 0 Å². The van der Waals surface area contributed by atoms with E-state index in [-0.39, 0.29) is 19.6 Å². The van der Waals surface area contributed by atoms with E-state index in [1.165, 1.54) is 19.1 Å². The molecule has 1 unspecified atom stereocenters. The van der Waals surface area contributed by atoms with Crippen molar-refractivity contribution >= 4 is 35.3 Å². The molecule has 0 heterocycles. The minimum atomic E-state index is -1.39. The third-order valence-corrected chi connectivity index (χ3v) is 4.89. The molecule has 2 aromatic rings. The zero-order chi connectivity index (χ0) is 24.2. The van der Waals surface area contributed by atoms with Crippen LogP contribution in [0.5, 0.6) is 0 Å². The average molecular weight is 498 g/mol. The lowest BCUT2D eigenvalue weighted by molar-refractivity contribution is -0.777. The Morgan fingerprint density at radius 1 is 1.00 bits per heavy atom. The van der Waals surface area contributed by atoms with Gasteiger partial charge >= 0.3 is 12.1 Å². The molecule has 0 fully saturated rings. The fourth-order valence-corrected chi connectivity index (χ4v) is 3.24. The number of hydrogen-bond acceptors (Lipinski definition) is 8. The van der Waals surface area contributed by atoms with Gasteiger partial charge in [-0.1, -0.05) is 53.5 Å².